The van der Waals surface area contributed by atoms with Gasteiger partial charge in [0.15, 0.2) is 0 Å². The number of nitriles is 1. The van der Waals surface area contributed by atoms with Crippen LogP contribution in [-0.2, 0) is 11.3 Å². The van der Waals surface area contributed by atoms with E-state index in [1.165, 1.54) is 12.3 Å². The lowest BCUT2D eigenvalue weighted by Crippen LogP contribution is -2.07. The standard InChI is InChI=1S/C14H10BrN3O2/c15-11-4-10(5-12(17)6-11)14(19)20-8-9-2-1-3-18-13(9)7-16/h1-6H,8,17H2. The van der Waals surface area contributed by atoms with Gasteiger partial charge in [0, 0.05) is 21.9 Å². The Hall–Kier alpha value is -2.39. The Morgan fingerprint density at radius 1 is 1.45 bits per heavy atom. The van der Waals surface area contributed by atoms with Gasteiger partial charge in [-0.3, -0.25) is 0 Å². The summed E-state index contributed by atoms with van der Waals surface area (Å²) in [5.41, 5.74) is 7.28. The summed E-state index contributed by atoms with van der Waals surface area (Å²) < 4.78 is 5.86. The summed E-state index contributed by atoms with van der Waals surface area (Å²) in [6.07, 6.45) is 1.51. The normalized spacial score (nSPS) is 9.80. The predicted octanol–water partition coefficient (Wildman–Crippen LogP) is 2.65. The van der Waals surface area contributed by atoms with Crippen molar-refractivity contribution in [2.75, 3.05) is 5.73 Å². The summed E-state index contributed by atoms with van der Waals surface area (Å²) in [6, 6.07) is 10.2. The molecule has 5 nitrogen and oxygen atoms in total. The first-order chi connectivity index (χ1) is 9.60. The Labute approximate surface area is 124 Å². The molecule has 0 amide bonds. The Morgan fingerprint density at radius 2 is 2.25 bits per heavy atom. The number of nitrogens with two attached hydrogens (primary N) is 1. The number of aromatic nitrogens is 1. The number of benzene rings is 1. The minimum absolute atomic E-state index is 0.0119. The number of nitrogen functional groups attached to an aromatic ring is 1. The number of esters is 1. The highest BCUT2D eigenvalue weighted by Crippen LogP contribution is 2.18. The van der Waals surface area contributed by atoms with Gasteiger partial charge in [-0.05, 0) is 24.3 Å². The lowest BCUT2D eigenvalue weighted by molar-refractivity contribution is 0.0472. The molecule has 1 aromatic carbocycles. The maximum Gasteiger partial charge on any atom is 0.338 e. The minimum Gasteiger partial charge on any atom is -0.457 e. The van der Waals surface area contributed by atoms with Gasteiger partial charge in [-0.25, -0.2) is 9.78 Å². The van der Waals surface area contributed by atoms with Crippen LogP contribution in [0.2, 0.25) is 0 Å². The van der Waals surface area contributed by atoms with Crippen molar-refractivity contribution in [3.8, 4) is 6.07 Å². The summed E-state index contributed by atoms with van der Waals surface area (Å²) >= 11 is 3.26. The lowest BCUT2D eigenvalue weighted by atomic mass is 10.2. The van der Waals surface area contributed by atoms with E-state index in [4.69, 9.17) is 15.7 Å². The molecule has 0 saturated carbocycles. The number of hydrogen-bond donors (Lipinski definition) is 1. The van der Waals surface area contributed by atoms with Gasteiger partial charge in [0.1, 0.15) is 18.4 Å². The third kappa shape index (κ3) is 3.33. The van der Waals surface area contributed by atoms with E-state index in [1.807, 2.05) is 6.07 Å². The summed E-state index contributed by atoms with van der Waals surface area (Å²) in [4.78, 5) is 15.8. The maximum atomic E-state index is 11.9. The van der Waals surface area contributed by atoms with Crippen LogP contribution in [0.15, 0.2) is 41.0 Å². The molecule has 0 bridgehead atoms. The maximum absolute atomic E-state index is 11.9. The predicted molar refractivity (Wildman–Crippen MR) is 76.6 cm³/mol. The molecule has 0 unspecified atom stereocenters. The van der Waals surface area contributed by atoms with Gasteiger partial charge >= 0.3 is 5.97 Å². The molecule has 1 heterocycles. The van der Waals surface area contributed by atoms with E-state index in [0.29, 0.717) is 21.3 Å². The van der Waals surface area contributed by atoms with Crippen LogP contribution in [0.4, 0.5) is 5.69 Å². The lowest BCUT2D eigenvalue weighted by Gasteiger charge is -2.07. The van der Waals surface area contributed by atoms with Crippen LogP contribution in [0, 0.1) is 11.3 Å². The molecular weight excluding hydrogens is 322 g/mol. The van der Waals surface area contributed by atoms with Crippen molar-refractivity contribution in [3.05, 3.63) is 57.8 Å². The van der Waals surface area contributed by atoms with E-state index in [1.54, 1.807) is 24.3 Å². The highest BCUT2D eigenvalue weighted by Gasteiger charge is 2.11. The molecule has 0 radical (unpaired) electrons. The monoisotopic (exact) mass is 331 g/mol. The summed E-state index contributed by atoms with van der Waals surface area (Å²) in [5.74, 6) is -0.509. The number of halogens is 1. The zero-order valence-corrected chi connectivity index (χ0v) is 11.9. The van der Waals surface area contributed by atoms with Crippen molar-refractivity contribution in [2.24, 2.45) is 0 Å². The van der Waals surface area contributed by atoms with Crippen LogP contribution in [-0.4, -0.2) is 11.0 Å². The second-order valence-electron chi connectivity index (χ2n) is 3.97. The van der Waals surface area contributed by atoms with Crippen molar-refractivity contribution in [2.45, 2.75) is 6.61 Å². The van der Waals surface area contributed by atoms with Crippen LogP contribution in [0.25, 0.3) is 0 Å². The van der Waals surface area contributed by atoms with Gasteiger partial charge in [-0.2, -0.15) is 5.26 Å². The van der Waals surface area contributed by atoms with E-state index in [0.717, 1.165) is 0 Å². The Morgan fingerprint density at radius 3 is 2.95 bits per heavy atom. The minimum atomic E-state index is -0.509. The van der Waals surface area contributed by atoms with Gasteiger partial charge in [0.05, 0.1) is 5.56 Å². The molecule has 100 valence electrons. The number of nitrogens with zero attached hydrogens (tertiary/aromatic N) is 2. The van der Waals surface area contributed by atoms with Crippen molar-refractivity contribution in [1.82, 2.24) is 4.98 Å². The van der Waals surface area contributed by atoms with Crippen LogP contribution in [0.1, 0.15) is 21.6 Å². The first-order valence-electron chi connectivity index (χ1n) is 5.67. The summed E-state index contributed by atoms with van der Waals surface area (Å²) in [5, 5.41) is 8.90. The Kier molecular flexibility index (Phi) is 4.33. The molecule has 1 aromatic heterocycles. The molecule has 2 rings (SSSR count). The second-order valence-corrected chi connectivity index (χ2v) is 4.89. The molecule has 0 aliphatic rings. The molecule has 0 saturated heterocycles. The van der Waals surface area contributed by atoms with Crippen molar-refractivity contribution in [1.29, 1.82) is 5.26 Å². The van der Waals surface area contributed by atoms with Gasteiger partial charge in [0.25, 0.3) is 0 Å². The van der Waals surface area contributed by atoms with E-state index < -0.39 is 5.97 Å². The molecule has 0 aliphatic carbocycles. The van der Waals surface area contributed by atoms with Crippen LogP contribution >= 0.6 is 15.9 Å². The molecule has 2 N–H and O–H groups in total. The second kappa shape index (κ2) is 6.17. The van der Waals surface area contributed by atoms with E-state index in [2.05, 4.69) is 20.9 Å². The van der Waals surface area contributed by atoms with Crippen molar-refractivity contribution >= 4 is 27.6 Å². The highest BCUT2D eigenvalue weighted by atomic mass is 79.9. The SMILES string of the molecule is N#Cc1ncccc1COC(=O)c1cc(N)cc(Br)c1. The zero-order valence-electron chi connectivity index (χ0n) is 10.3. The number of anilines is 1. The Bertz CT molecular complexity index is 675. The van der Waals surface area contributed by atoms with Gasteiger partial charge < -0.3 is 10.5 Å². The fraction of sp³-hybridized carbons (Fsp3) is 0.0714. The smallest absolute Gasteiger partial charge is 0.338 e. The van der Waals surface area contributed by atoms with Crippen LogP contribution < -0.4 is 5.73 Å². The number of hydrogen-bond acceptors (Lipinski definition) is 5. The zero-order chi connectivity index (χ0) is 14.5. The van der Waals surface area contributed by atoms with Crippen molar-refractivity contribution < 1.29 is 9.53 Å². The average Bonchev–Trinajstić information content (AvgIpc) is 2.44. The third-order valence-electron chi connectivity index (χ3n) is 2.51. The van der Waals surface area contributed by atoms with Gasteiger partial charge in [-0.1, -0.05) is 22.0 Å². The number of pyridine rings is 1. The quantitative estimate of drug-likeness (QED) is 0.689. The highest BCUT2D eigenvalue weighted by molar-refractivity contribution is 9.10. The van der Waals surface area contributed by atoms with Gasteiger partial charge in [0.2, 0.25) is 0 Å². The fourth-order valence-electron chi connectivity index (χ4n) is 1.61. The molecule has 6 heteroatoms. The Balaban J connectivity index is 2.11. The summed E-state index contributed by atoms with van der Waals surface area (Å²) in [7, 11) is 0. The molecule has 0 atom stereocenters. The van der Waals surface area contributed by atoms with Crippen molar-refractivity contribution in [3.63, 3.8) is 0 Å². The fourth-order valence-corrected chi connectivity index (χ4v) is 2.12. The average molecular weight is 332 g/mol. The topological polar surface area (TPSA) is 89.0 Å². The largest absolute Gasteiger partial charge is 0.457 e. The third-order valence-corrected chi connectivity index (χ3v) is 2.97. The first kappa shape index (κ1) is 14.0. The van der Waals surface area contributed by atoms with Crippen LogP contribution in [0.5, 0.6) is 0 Å². The van der Waals surface area contributed by atoms with Gasteiger partial charge in [-0.15, -0.1) is 0 Å². The number of ether oxygens (including phenoxy) is 1. The van der Waals surface area contributed by atoms with Crippen LogP contribution in [0.3, 0.4) is 0 Å². The number of rotatable bonds is 3. The molecule has 0 aliphatic heterocycles. The molecule has 0 spiro atoms. The number of carbonyl (C=O) groups is 1. The van der Waals surface area contributed by atoms with E-state index >= 15 is 0 Å². The number of carbonyl (C=O) groups excluding carboxylic acids is 1. The molecule has 20 heavy (non-hydrogen) atoms. The van der Waals surface area contributed by atoms with E-state index in [9.17, 15) is 4.79 Å². The molecular formula is C14H10BrN3O2. The van der Waals surface area contributed by atoms with E-state index in [-0.39, 0.29) is 12.3 Å². The molecule has 2 aromatic rings. The first-order valence-corrected chi connectivity index (χ1v) is 6.46. The summed E-state index contributed by atoms with van der Waals surface area (Å²) in [6.45, 7) is -0.0119. The molecule has 0 fully saturated rings.